The van der Waals surface area contributed by atoms with Crippen molar-refractivity contribution in [1.82, 2.24) is 5.32 Å². The molecule has 0 saturated heterocycles. The number of amides is 1. The lowest BCUT2D eigenvalue weighted by atomic mass is 10.0. The summed E-state index contributed by atoms with van der Waals surface area (Å²) >= 11 is 0. The number of unbranched alkanes of at least 4 members (excludes halogenated alkanes) is 35. The van der Waals surface area contributed by atoms with Crippen molar-refractivity contribution in [3.63, 3.8) is 0 Å². The van der Waals surface area contributed by atoms with Crippen LogP contribution in [0.4, 0.5) is 0 Å². The predicted octanol–water partition coefficient (Wildman–Crippen LogP) is 19.0. The lowest BCUT2D eigenvalue weighted by molar-refractivity contribution is -0.151. The van der Waals surface area contributed by atoms with E-state index < -0.39 is 18.2 Å². The number of hydrogen-bond donors (Lipinski definition) is 3. The van der Waals surface area contributed by atoms with Gasteiger partial charge in [-0.2, -0.15) is 0 Å². The summed E-state index contributed by atoms with van der Waals surface area (Å²) in [5.74, 6) is -0.479. The molecule has 0 bridgehead atoms. The fourth-order valence-corrected chi connectivity index (χ4v) is 9.26. The van der Waals surface area contributed by atoms with Gasteiger partial charge in [0, 0.05) is 6.42 Å². The zero-order chi connectivity index (χ0) is 50.2. The van der Waals surface area contributed by atoms with Crippen molar-refractivity contribution in [2.75, 3.05) is 6.61 Å². The molecule has 3 unspecified atom stereocenters. The van der Waals surface area contributed by atoms with E-state index in [9.17, 15) is 19.8 Å². The van der Waals surface area contributed by atoms with E-state index in [1.165, 1.54) is 199 Å². The maximum atomic E-state index is 13.3. The maximum absolute atomic E-state index is 13.3. The molecule has 0 aromatic carbocycles. The van der Waals surface area contributed by atoms with Crippen molar-refractivity contribution in [3.8, 4) is 0 Å². The fourth-order valence-electron chi connectivity index (χ4n) is 9.26. The lowest BCUT2D eigenvalue weighted by Crippen LogP contribution is -2.46. The molecule has 6 heteroatoms. The first-order chi connectivity index (χ1) is 34.0. The molecule has 0 aliphatic heterocycles. The number of carbonyl (C=O) groups is 2. The van der Waals surface area contributed by atoms with Crippen LogP contribution < -0.4 is 5.32 Å². The SMILES string of the molecule is CCCCC/C=C\C/C=C\CCCCCCCCCCCC(=O)OC(CCCCCCC/C=C\C/C=C\CCCCC)CC(=O)NC(CO)C(O)CCCCCCCCCCCCCCCCCC. The van der Waals surface area contributed by atoms with Gasteiger partial charge in [-0.05, 0) is 89.9 Å². The molecule has 0 fully saturated rings. The van der Waals surface area contributed by atoms with Crippen LogP contribution in [-0.4, -0.2) is 46.9 Å². The number of rotatable bonds is 55. The van der Waals surface area contributed by atoms with Gasteiger partial charge in [-0.3, -0.25) is 9.59 Å². The van der Waals surface area contributed by atoms with E-state index in [1.807, 2.05) is 0 Å². The first kappa shape index (κ1) is 66.8. The van der Waals surface area contributed by atoms with Crippen LogP contribution in [0.5, 0.6) is 0 Å². The summed E-state index contributed by atoms with van der Waals surface area (Å²) in [6.07, 6.45) is 70.3. The number of aliphatic hydroxyl groups is 2. The topological polar surface area (TPSA) is 95.9 Å². The van der Waals surface area contributed by atoms with Crippen molar-refractivity contribution < 1.29 is 24.5 Å². The quantitative estimate of drug-likeness (QED) is 0.0321. The van der Waals surface area contributed by atoms with Crippen LogP contribution in [0.3, 0.4) is 0 Å². The Bertz CT molecular complexity index is 1180. The molecular weight excluding hydrogens is 851 g/mol. The lowest BCUT2D eigenvalue weighted by Gasteiger charge is -2.24. The van der Waals surface area contributed by atoms with Gasteiger partial charge in [0.2, 0.25) is 5.91 Å². The molecule has 0 saturated carbocycles. The third kappa shape index (κ3) is 52.0. The Hall–Kier alpha value is -2.18. The number of ether oxygens (including phenoxy) is 1. The van der Waals surface area contributed by atoms with E-state index in [0.29, 0.717) is 19.3 Å². The molecule has 6 nitrogen and oxygen atoms in total. The van der Waals surface area contributed by atoms with E-state index in [4.69, 9.17) is 4.74 Å². The molecule has 0 heterocycles. The highest BCUT2D eigenvalue weighted by Crippen LogP contribution is 2.19. The van der Waals surface area contributed by atoms with Gasteiger partial charge < -0.3 is 20.3 Å². The average molecular weight is 969 g/mol. The van der Waals surface area contributed by atoms with Crippen LogP contribution in [0.25, 0.3) is 0 Å². The summed E-state index contributed by atoms with van der Waals surface area (Å²) in [4.78, 5) is 26.3. The summed E-state index contributed by atoms with van der Waals surface area (Å²) in [5, 5.41) is 23.9. The van der Waals surface area contributed by atoms with Gasteiger partial charge >= 0.3 is 5.97 Å². The zero-order valence-electron chi connectivity index (χ0n) is 46.2. The zero-order valence-corrected chi connectivity index (χ0v) is 46.2. The minimum atomic E-state index is -0.793. The van der Waals surface area contributed by atoms with Crippen molar-refractivity contribution in [3.05, 3.63) is 48.6 Å². The smallest absolute Gasteiger partial charge is 0.306 e. The Labute approximate surface area is 429 Å². The van der Waals surface area contributed by atoms with Crippen molar-refractivity contribution in [2.45, 2.75) is 334 Å². The Morgan fingerprint density at radius 3 is 1.13 bits per heavy atom. The second-order valence-electron chi connectivity index (χ2n) is 20.7. The number of esters is 1. The van der Waals surface area contributed by atoms with Gasteiger partial charge in [-0.15, -0.1) is 0 Å². The van der Waals surface area contributed by atoms with Crippen molar-refractivity contribution in [2.24, 2.45) is 0 Å². The predicted molar refractivity (Wildman–Crippen MR) is 301 cm³/mol. The van der Waals surface area contributed by atoms with Crippen LogP contribution >= 0.6 is 0 Å². The van der Waals surface area contributed by atoms with Gasteiger partial charge in [0.25, 0.3) is 0 Å². The molecule has 3 atom stereocenters. The number of allylic oxidation sites excluding steroid dienone is 8. The monoisotopic (exact) mass is 968 g/mol. The number of nitrogens with one attached hydrogen (secondary N) is 1. The van der Waals surface area contributed by atoms with E-state index in [-0.39, 0.29) is 24.9 Å². The fraction of sp³-hybridized carbons (Fsp3) is 0.841. The van der Waals surface area contributed by atoms with Gasteiger partial charge in [-0.1, -0.05) is 262 Å². The van der Waals surface area contributed by atoms with Gasteiger partial charge in [0.15, 0.2) is 0 Å². The molecule has 0 radical (unpaired) electrons. The van der Waals surface area contributed by atoms with Crippen LogP contribution in [0, 0.1) is 0 Å². The van der Waals surface area contributed by atoms with Crippen LogP contribution in [-0.2, 0) is 14.3 Å². The Balaban J connectivity index is 4.54. The van der Waals surface area contributed by atoms with Gasteiger partial charge in [0.05, 0.1) is 25.2 Å². The van der Waals surface area contributed by atoms with Crippen LogP contribution in [0.2, 0.25) is 0 Å². The Morgan fingerprint density at radius 1 is 0.420 bits per heavy atom. The van der Waals surface area contributed by atoms with Gasteiger partial charge in [-0.25, -0.2) is 0 Å². The van der Waals surface area contributed by atoms with E-state index in [2.05, 4.69) is 74.7 Å². The summed E-state index contributed by atoms with van der Waals surface area (Å²) in [6.45, 7) is 6.47. The summed E-state index contributed by atoms with van der Waals surface area (Å²) in [6, 6.07) is -0.708. The molecule has 404 valence electrons. The van der Waals surface area contributed by atoms with Crippen LogP contribution in [0.1, 0.15) is 316 Å². The molecule has 0 aromatic rings. The second kappa shape index (κ2) is 56.7. The molecule has 0 aromatic heterocycles. The van der Waals surface area contributed by atoms with Gasteiger partial charge in [0.1, 0.15) is 6.10 Å². The number of aliphatic hydroxyl groups excluding tert-OH is 2. The molecule has 0 aliphatic rings. The summed E-state index contributed by atoms with van der Waals surface area (Å²) < 4.78 is 5.97. The molecule has 3 N–H and O–H groups in total. The van der Waals surface area contributed by atoms with E-state index in [0.717, 1.165) is 70.6 Å². The first-order valence-electron chi connectivity index (χ1n) is 30.4. The van der Waals surface area contributed by atoms with E-state index >= 15 is 0 Å². The standard InChI is InChI=1S/C63H117NO5/c1-4-7-10-13-16-19-22-25-28-30-31-32-35-38-41-44-47-50-53-56-63(68)69-59(54-51-48-45-42-39-36-33-27-24-21-18-15-12-9-6-3)57-62(67)64-60(58-65)61(66)55-52-49-46-43-40-37-34-29-26-23-20-17-14-11-8-5-2/h16,18-19,21,25,27-28,33,59-61,65-66H,4-15,17,20,22-24,26,29-32,34-58H2,1-3H3,(H,64,67)/b19-16-,21-18-,28-25-,33-27-. The minimum absolute atomic E-state index is 0.0681. The first-order valence-corrected chi connectivity index (χ1v) is 30.4. The normalized spacial score (nSPS) is 13.4. The van der Waals surface area contributed by atoms with E-state index in [1.54, 1.807) is 0 Å². The second-order valence-corrected chi connectivity index (χ2v) is 20.7. The Morgan fingerprint density at radius 2 is 0.739 bits per heavy atom. The summed E-state index contributed by atoms with van der Waals surface area (Å²) in [7, 11) is 0. The van der Waals surface area contributed by atoms with Crippen LogP contribution in [0.15, 0.2) is 48.6 Å². The number of carbonyl (C=O) groups excluding carboxylic acids is 2. The highest BCUT2D eigenvalue weighted by Gasteiger charge is 2.24. The number of hydrogen-bond acceptors (Lipinski definition) is 5. The molecule has 1 amide bonds. The highest BCUT2D eigenvalue weighted by molar-refractivity contribution is 5.77. The molecule has 0 spiro atoms. The molecule has 69 heavy (non-hydrogen) atoms. The third-order valence-corrected chi connectivity index (χ3v) is 13.9. The maximum Gasteiger partial charge on any atom is 0.306 e. The largest absolute Gasteiger partial charge is 0.462 e. The highest BCUT2D eigenvalue weighted by atomic mass is 16.5. The van der Waals surface area contributed by atoms with Crippen molar-refractivity contribution in [1.29, 1.82) is 0 Å². The minimum Gasteiger partial charge on any atom is -0.462 e. The molecule has 0 rings (SSSR count). The third-order valence-electron chi connectivity index (χ3n) is 13.9. The van der Waals surface area contributed by atoms with Crippen molar-refractivity contribution >= 4 is 11.9 Å². The molecule has 0 aliphatic carbocycles. The summed E-state index contributed by atoms with van der Waals surface area (Å²) in [5.41, 5.74) is 0. The average Bonchev–Trinajstić information content (AvgIpc) is 3.34. The Kier molecular flexibility index (Phi) is 54.9. The molecular formula is C63H117NO5.